The average Bonchev–Trinajstić information content (AvgIpc) is 2.73. The maximum atomic E-state index is 8.96. The first-order valence-electron chi connectivity index (χ1n) is 5.66. The minimum atomic E-state index is 0.254. The Morgan fingerprint density at radius 3 is 2.58 bits per heavy atom. The first-order chi connectivity index (χ1) is 9.20. The monoisotopic (exact) mass is 266 g/mol. The van der Waals surface area contributed by atoms with Crippen molar-refractivity contribution in [1.29, 1.82) is 10.7 Å². The van der Waals surface area contributed by atoms with Crippen LogP contribution in [0.3, 0.4) is 0 Å². The predicted octanol–water partition coefficient (Wildman–Crippen LogP) is 2.63. The molecule has 0 bridgehead atoms. The van der Waals surface area contributed by atoms with Crippen molar-refractivity contribution in [1.82, 2.24) is 4.57 Å². The second kappa shape index (κ2) is 4.26. The van der Waals surface area contributed by atoms with E-state index in [1.54, 1.807) is 4.57 Å². The van der Waals surface area contributed by atoms with Gasteiger partial charge in [-0.25, -0.2) is 0 Å². The molecule has 92 valence electrons. The topological polar surface area (TPSA) is 78.6 Å². The Bertz CT molecular complexity index is 867. The van der Waals surface area contributed by atoms with Crippen LogP contribution in [0.5, 0.6) is 0 Å². The van der Waals surface area contributed by atoms with Gasteiger partial charge in [0, 0.05) is 0 Å². The Labute approximate surface area is 113 Å². The zero-order valence-electron chi connectivity index (χ0n) is 9.92. The molecule has 2 aromatic carbocycles. The highest BCUT2D eigenvalue weighted by Gasteiger charge is 2.11. The second-order valence-electron chi connectivity index (χ2n) is 4.10. The molecule has 0 saturated heterocycles. The van der Waals surface area contributed by atoms with E-state index in [4.69, 9.17) is 16.4 Å². The van der Waals surface area contributed by atoms with Crippen molar-refractivity contribution >= 4 is 27.9 Å². The van der Waals surface area contributed by atoms with Crippen molar-refractivity contribution in [3.05, 3.63) is 52.1 Å². The number of fused-ring (bicyclic) bond motifs is 1. The van der Waals surface area contributed by atoms with E-state index in [1.165, 1.54) is 0 Å². The summed E-state index contributed by atoms with van der Waals surface area (Å²) in [6.45, 7) is 0. The van der Waals surface area contributed by atoms with E-state index >= 15 is 0 Å². The number of nitrogens with zero attached hydrogens (tertiary/aromatic N) is 2. The highest BCUT2D eigenvalue weighted by atomic mass is 32.1. The van der Waals surface area contributed by atoms with E-state index < -0.39 is 0 Å². The molecule has 0 saturated carbocycles. The van der Waals surface area contributed by atoms with Crippen molar-refractivity contribution in [2.24, 2.45) is 0 Å². The smallest absolute Gasteiger partial charge is 0.189 e. The molecule has 1 aromatic heterocycles. The van der Waals surface area contributed by atoms with Crippen LogP contribution in [0.25, 0.3) is 16.5 Å². The van der Waals surface area contributed by atoms with Crippen LogP contribution in [0.15, 0.2) is 42.5 Å². The molecule has 0 amide bonds. The number of anilines is 1. The lowest BCUT2D eigenvalue weighted by molar-refractivity contribution is 0.992. The fourth-order valence-corrected chi connectivity index (χ4v) is 2.79. The largest absolute Gasteiger partial charge is 0.383 e. The summed E-state index contributed by atoms with van der Waals surface area (Å²) in [5.74, 6) is 0.327. The summed E-state index contributed by atoms with van der Waals surface area (Å²) in [5.41, 5.74) is 6.73. The average molecular weight is 266 g/mol. The zero-order valence-corrected chi connectivity index (χ0v) is 10.7. The molecule has 3 rings (SSSR count). The summed E-state index contributed by atoms with van der Waals surface area (Å²) in [6.07, 6.45) is 0. The number of nitrogens with one attached hydrogen (secondary N) is 1. The third-order valence-electron chi connectivity index (χ3n) is 2.97. The Balaban J connectivity index is 2.28. The van der Waals surface area contributed by atoms with Crippen molar-refractivity contribution in [3.63, 3.8) is 0 Å². The number of aromatic nitrogens is 1. The lowest BCUT2D eigenvalue weighted by atomic mass is 10.1. The fraction of sp³-hybridized carbons (Fsp3) is 0. The SMILES string of the molecule is N#Cc1sc(=N)n(-c2ccc3ccccc3c2)c1N. The Morgan fingerprint density at radius 1 is 1.16 bits per heavy atom. The number of hydrogen-bond donors (Lipinski definition) is 2. The van der Waals surface area contributed by atoms with Gasteiger partial charge in [0.2, 0.25) is 0 Å². The first-order valence-corrected chi connectivity index (χ1v) is 6.47. The number of nitriles is 1. The van der Waals surface area contributed by atoms with Crippen molar-refractivity contribution < 1.29 is 0 Å². The quantitative estimate of drug-likeness (QED) is 0.710. The second-order valence-corrected chi connectivity index (χ2v) is 5.10. The van der Waals surface area contributed by atoms with Crippen LogP contribution in [-0.4, -0.2) is 4.57 Å². The van der Waals surface area contributed by atoms with Crippen LogP contribution in [-0.2, 0) is 0 Å². The van der Waals surface area contributed by atoms with Gasteiger partial charge in [0.1, 0.15) is 16.8 Å². The minimum Gasteiger partial charge on any atom is -0.383 e. The molecule has 5 heteroatoms. The van der Waals surface area contributed by atoms with E-state index in [1.807, 2.05) is 48.5 Å². The highest BCUT2D eigenvalue weighted by Crippen LogP contribution is 2.22. The Hall–Kier alpha value is -2.58. The van der Waals surface area contributed by atoms with Crippen LogP contribution in [0.1, 0.15) is 4.88 Å². The molecule has 0 atom stereocenters. The predicted molar refractivity (Wildman–Crippen MR) is 76.1 cm³/mol. The normalized spacial score (nSPS) is 10.5. The van der Waals surface area contributed by atoms with Gasteiger partial charge in [-0.15, -0.1) is 0 Å². The third-order valence-corrected chi connectivity index (χ3v) is 3.85. The van der Waals surface area contributed by atoms with Gasteiger partial charge in [0.15, 0.2) is 4.80 Å². The van der Waals surface area contributed by atoms with Gasteiger partial charge in [-0.3, -0.25) is 9.98 Å². The van der Waals surface area contributed by atoms with E-state index in [0.717, 1.165) is 27.8 Å². The summed E-state index contributed by atoms with van der Waals surface area (Å²) in [4.78, 5) is 0.627. The van der Waals surface area contributed by atoms with Crippen molar-refractivity contribution in [2.75, 3.05) is 5.73 Å². The van der Waals surface area contributed by atoms with Crippen LogP contribution in [0, 0.1) is 16.7 Å². The molecule has 4 nitrogen and oxygen atoms in total. The Morgan fingerprint density at radius 2 is 1.89 bits per heavy atom. The molecule has 0 aliphatic heterocycles. The Kier molecular flexibility index (Phi) is 2.58. The highest BCUT2D eigenvalue weighted by molar-refractivity contribution is 7.10. The first kappa shape index (κ1) is 11.5. The summed E-state index contributed by atoms with van der Waals surface area (Å²) in [5, 5.41) is 19.1. The lowest BCUT2D eigenvalue weighted by Gasteiger charge is -2.06. The molecule has 19 heavy (non-hydrogen) atoms. The van der Waals surface area contributed by atoms with E-state index in [9.17, 15) is 0 Å². The molecular formula is C14H10N4S. The maximum Gasteiger partial charge on any atom is 0.189 e. The molecule has 0 aliphatic rings. The third kappa shape index (κ3) is 1.79. The fourth-order valence-electron chi connectivity index (χ4n) is 2.06. The van der Waals surface area contributed by atoms with Crippen LogP contribution in [0.2, 0.25) is 0 Å². The number of rotatable bonds is 1. The molecule has 0 radical (unpaired) electrons. The molecule has 0 fully saturated rings. The number of benzene rings is 2. The number of nitrogens with two attached hydrogens (primary N) is 1. The van der Waals surface area contributed by atoms with Gasteiger partial charge < -0.3 is 5.73 Å². The van der Waals surface area contributed by atoms with Gasteiger partial charge in [-0.2, -0.15) is 5.26 Å². The van der Waals surface area contributed by atoms with Crippen molar-refractivity contribution in [3.8, 4) is 11.8 Å². The molecule has 1 heterocycles. The number of nitrogen functional groups attached to an aromatic ring is 1. The summed E-state index contributed by atoms with van der Waals surface area (Å²) >= 11 is 1.08. The van der Waals surface area contributed by atoms with Crippen LogP contribution in [0.4, 0.5) is 5.82 Å². The molecule has 3 N–H and O–H groups in total. The van der Waals surface area contributed by atoms with E-state index in [-0.39, 0.29) is 4.80 Å². The minimum absolute atomic E-state index is 0.254. The van der Waals surface area contributed by atoms with Crippen molar-refractivity contribution in [2.45, 2.75) is 0 Å². The summed E-state index contributed by atoms with van der Waals surface area (Å²) in [6, 6.07) is 15.9. The molecule has 0 aliphatic carbocycles. The summed E-state index contributed by atoms with van der Waals surface area (Å²) in [7, 11) is 0. The number of thiazole rings is 1. The van der Waals surface area contributed by atoms with Crippen LogP contribution < -0.4 is 10.5 Å². The molecule has 3 aromatic rings. The van der Waals surface area contributed by atoms with E-state index in [2.05, 4.69) is 0 Å². The van der Waals surface area contributed by atoms with Gasteiger partial charge in [0.25, 0.3) is 0 Å². The summed E-state index contributed by atoms with van der Waals surface area (Å²) < 4.78 is 1.59. The molecular weight excluding hydrogens is 256 g/mol. The van der Waals surface area contributed by atoms with Gasteiger partial charge in [-0.05, 0) is 22.9 Å². The number of hydrogen-bond acceptors (Lipinski definition) is 4. The maximum absolute atomic E-state index is 8.96. The molecule has 0 unspecified atom stereocenters. The lowest BCUT2D eigenvalue weighted by Crippen LogP contribution is -2.13. The van der Waals surface area contributed by atoms with E-state index in [0.29, 0.717) is 10.7 Å². The van der Waals surface area contributed by atoms with Gasteiger partial charge in [0.05, 0.1) is 5.69 Å². The van der Waals surface area contributed by atoms with Crippen LogP contribution >= 0.6 is 11.3 Å². The van der Waals surface area contributed by atoms with Gasteiger partial charge in [-0.1, -0.05) is 41.7 Å². The van der Waals surface area contributed by atoms with Gasteiger partial charge >= 0.3 is 0 Å². The standard InChI is InChI=1S/C14H10N4S/c15-8-12-13(16)18(14(17)19-12)11-6-5-9-3-1-2-4-10(9)7-11/h1-7,17H,16H2. The molecule has 0 spiro atoms. The zero-order chi connectivity index (χ0) is 13.4.